The summed E-state index contributed by atoms with van der Waals surface area (Å²) in [7, 11) is 0. The van der Waals surface area contributed by atoms with Crippen molar-refractivity contribution in [1.29, 1.82) is 0 Å². The molecule has 0 bridgehead atoms. The highest BCUT2D eigenvalue weighted by atomic mass is 19.1. The van der Waals surface area contributed by atoms with Gasteiger partial charge in [-0.05, 0) is 35.9 Å². The Kier molecular flexibility index (Phi) is 2.46. The number of hydrogen-bond donors (Lipinski definition) is 0. The quantitative estimate of drug-likeness (QED) is 0.669. The highest BCUT2D eigenvalue weighted by Gasteiger charge is 2.06. The predicted molar refractivity (Wildman–Crippen MR) is 51.8 cm³/mol. The van der Waals surface area contributed by atoms with Crippen molar-refractivity contribution < 1.29 is 13.2 Å². The normalized spacial score (nSPS) is 10.3. The molecule has 0 aromatic heterocycles. The lowest BCUT2D eigenvalue weighted by Crippen LogP contribution is -1.86. The Morgan fingerprint density at radius 2 is 1.27 bits per heavy atom. The summed E-state index contributed by atoms with van der Waals surface area (Å²) in [5.74, 6) is -1.45. The summed E-state index contributed by atoms with van der Waals surface area (Å²) in [6, 6.07) is 8.42. The van der Waals surface area contributed by atoms with Crippen molar-refractivity contribution in [3.8, 4) is 11.1 Å². The predicted octanol–water partition coefficient (Wildman–Crippen LogP) is 3.77. The maximum atomic E-state index is 13.3. The largest absolute Gasteiger partial charge is 0.207 e. The third-order valence-corrected chi connectivity index (χ3v) is 2.08. The molecule has 15 heavy (non-hydrogen) atoms. The van der Waals surface area contributed by atoms with Crippen LogP contribution in [0.15, 0.2) is 42.5 Å². The Morgan fingerprint density at radius 3 is 1.93 bits per heavy atom. The van der Waals surface area contributed by atoms with Crippen LogP contribution in [0.5, 0.6) is 0 Å². The monoisotopic (exact) mass is 208 g/mol. The van der Waals surface area contributed by atoms with Gasteiger partial charge < -0.3 is 0 Å². The van der Waals surface area contributed by atoms with E-state index >= 15 is 0 Å². The second-order valence-corrected chi connectivity index (χ2v) is 3.13. The molecule has 0 nitrogen and oxygen atoms in total. The Bertz CT molecular complexity index is 475. The Hall–Kier alpha value is -1.77. The van der Waals surface area contributed by atoms with Gasteiger partial charge in [0, 0.05) is 5.56 Å². The summed E-state index contributed by atoms with van der Waals surface area (Å²) in [6.45, 7) is 0. The SMILES string of the molecule is Fc1ccc(-c2cc(F)ccc2F)cc1. The van der Waals surface area contributed by atoms with Gasteiger partial charge in [0.1, 0.15) is 17.5 Å². The van der Waals surface area contributed by atoms with E-state index in [-0.39, 0.29) is 5.56 Å². The topological polar surface area (TPSA) is 0 Å². The van der Waals surface area contributed by atoms with Crippen LogP contribution in [0.2, 0.25) is 0 Å². The molecule has 0 aliphatic rings. The first kappa shape index (κ1) is 9.77. The van der Waals surface area contributed by atoms with Crippen molar-refractivity contribution in [1.82, 2.24) is 0 Å². The fourth-order valence-electron chi connectivity index (χ4n) is 1.35. The Balaban J connectivity index is 2.53. The van der Waals surface area contributed by atoms with Crippen LogP contribution in [-0.4, -0.2) is 0 Å². The van der Waals surface area contributed by atoms with E-state index in [2.05, 4.69) is 0 Å². The van der Waals surface area contributed by atoms with Gasteiger partial charge >= 0.3 is 0 Å². The molecule has 76 valence electrons. The van der Waals surface area contributed by atoms with Crippen LogP contribution in [0, 0.1) is 17.5 Å². The second kappa shape index (κ2) is 3.77. The highest BCUT2D eigenvalue weighted by Crippen LogP contribution is 2.23. The van der Waals surface area contributed by atoms with Gasteiger partial charge in [0.2, 0.25) is 0 Å². The molecular formula is C12H7F3. The molecule has 0 atom stereocenters. The van der Waals surface area contributed by atoms with Crippen LogP contribution in [-0.2, 0) is 0 Å². The molecule has 0 aliphatic heterocycles. The third-order valence-electron chi connectivity index (χ3n) is 2.08. The molecule has 3 heteroatoms. The van der Waals surface area contributed by atoms with Crippen LogP contribution in [0.3, 0.4) is 0 Å². The molecule has 0 unspecified atom stereocenters. The van der Waals surface area contributed by atoms with E-state index in [4.69, 9.17) is 0 Å². The molecule has 0 fully saturated rings. The van der Waals surface area contributed by atoms with Gasteiger partial charge in [0.15, 0.2) is 0 Å². The zero-order valence-corrected chi connectivity index (χ0v) is 7.68. The summed E-state index contributed by atoms with van der Waals surface area (Å²) >= 11 is 0. The van der Waals surface area contributed by atoms with E-state index in [0.29, 0.717) is 5.56 Å². The van der Waals surface area contributed by atoms with Crippen LogP contribution in [0.1, 0.15) is 0 Å². The summed E-state index contributed by atoms with van der Waals surface area (Å²) in [5, 5.41) is 0. The van der Waals surface area contributed by atoms with Crippen molar-refractivity contribution in [2.24, 2.45) is 0 Å². The molecule has 2 aromatic rings. The summed E-state index contributed by atoms with van der Waals surface area (Å²) in [4.78, 5) is 0. The zero-order valence-electron chi connectivity index (χ0n) is 7.68. The second-order valence-electron chi connectivity index (χ2n) is 3.13. The lowest BCUT2D eigenvalue weighted by atomic mass is 10.1. The molecule has 0 heterocycles. The fraction of sp³-hybridized carbons (Fsp3) is 0. The molecule has 0 spiro atoms. The number of hydrogen-bond acceptors (Lipinski definition) is 0. The van der Waals surface area contributed by atoms with Gasteiger partial charge in [-0.25, -0.2) is 13.2 Å². The van der Waals surface area contributed by atoms with Crippen LogP contribution in [0.4, 0.5) is 13.2 Å². The first-order valence-corrected chi connectivity index (χ1v) is 4.38. The first-order chi connectivity index (χ1) is 7.16. The van der Waals surface area contributed by atoms with E-state index in [9.17, 15) is 13.2 Å². The first-order valence-electron chi connectivity index (χ1n) is 4.38. The highest BCUT2D eigenvalue weighted by molar-refractivity contribution is 5.63. The standard InChI is InChI=1S/C12H7F3/c13-9-3-1-8(2-4-9)11-7-10(14)5-6-12(11)15/h1-7H. The molecule has 0 radical (unpaired) electrons. The maximum absolute atomic E-state index is 13.3. The molecule has 0 amide bonds. The molecule has 0 saturated carbocycles. The average Bonchev–Trinajstić information content (AvgIpc) is 2.23. The van der Waals surface area contributed by atoms with Gasteiger partial charge in [0.05, 0.1) is 0 Å². The van der Waals surface area contributed by atoms with Crippen molar-refractivity contribution in [3.05, 3.63) is 59.9 Å². The molecular weight excluding hydrogens is 201 g/mol. The van der Waals surface area contributed by atoms with E-state index in [0.717, 1.165) is 18.2 Å². The fourth-order valence-corrected chi connectivity index (χ4v) is 1.35. The van der Waals surface area contributed by atoms with E-state index < -0.39 is 17.5 Å². The van der Waals surface area contributed by atoms with Crippen molar-refractivity contribution in [2.45, 2.75) is 0 Å². The molecule has 0 N–H and O–H groups in total. The number of rotatable bonds is 1. The van der Waals surface area contributed by atoms with E-state index in [1.165, 1.54) is 24.3 Å². The van der Waals surface area contributed by atoms with Gasteiger partial charge in [-0.15, -0.1) is 0 Å². The minimum Gasteiger partial charge on any atom is -0.207 e. The average molecular weight is 208 g/mol. The summed E-state index contributed by atoms with van der Waals surface area (Å²) in [5.41, 5.74) is 0.586. The Morgan fingerprint density at radius 1 is 0.667 bits per heavy atom. The van der Waals surface area contributed by atoms with E-state index in [1.54, 1.807) is 0 Å². The van der Waals surface area contributed by atoms with Gasteiger partial charge in [-0.1, -0.05) is 12.1 Å². The minimum absolute atomic E-state index is 0.134. The lowest BCUT2D eigenvalue weighted by Gasteiger charge is -2.03. The molecule has 2 aromatic carbocycles. The number of halogens is 3. The molecule has 2 rings (SSSR count). The van der Waals surface area contributed by atoms with Crippen LogP contribution < -0.4 is 0 Å². The maximum Gasteiger partial charge on any atom is 0.131 e. The van der Waals surface area contributed by atoms with Crippen molar-refractivity contribution in [3.63, 3.8) is 0 Å². The molecule has 0 aliphatic carbocycles. The number of benzene rings is 2. The zero-order chi connectivity index (χ0) is 10.8. The smallest absolute Gasteiger partial charge is 0.131 e. The van der Waals surface area contributed by atoms with Crippen molar-refractivity contribution >= 4 is 0 Å². The van der Waals surface area contributed by atoms with Crippen LogP contribution in [0.25, 0.3) is 11.1 Å². The van der Waals surface area contributed by atoms with Gasteiger partial charge in [0.25, 0.3) is 0 Å². The third kappa shape index (κ3) is 2.01. The summed E-state index contributed by atoms with van der Waals surface area (Å²) < 4.78 is 38.8. The minimum atomic E-state index is -0.525. The van der Waals surface area contributed by atoms with Crippen LogP contribution >= 0.6 is 0 Å². The van der Waals surface area contributed by atoms with E-state index in [1.807, 2.05) is 0 Å². The molecule has 0 saturated heterocycles. The van der Waals surface area contributed by atoms with Gasteiger partial charge in [-0.3, -0.25) is 0 Å². The van der Waals surface area contributed by atoms with Gasteiger partial charge in [-0.2, -0.15) is 0 Å². The van der Waals surface area contributed by atoms with Crippen molar-refractivity contribution in [2.75, 3.05) is 0 Å². The lowest BCUT2D eigenvalue weighted by molar-refractivity contribution is 0.603. The summed E-state index contributed by atoms with van der Waals surface area (Å²) in [6.07, 6.45) is 0. The Labute approximate surface area is 85.0 Å².